The first kappa shape index (κ1) is 13.7. The van der Waals surface area contributed by atoms with Crippen molar-refractivity contribution < 1.29 is 14.3 Å². The van der Waals surface area contributed by atoms with Crippen LogP contribution >= 0.6 is 0 Å². The average molecular weight is 282 g/mol. The Morgan fingerprint density at radius 3 is 2.76 bits per heavy atom. The number of aryl methyl sites for hydroxylation is 1. The molecule has 0 atom stereocenters. The van der Waals surface area contributed by atoms with E-state index in [2.05, 4.69) is 19.9 Å². The summed E-state index contributed by atoms with van der Waals surface area (Å²) in [5, 5.41) is 0. The molecule has 0 fully saturated rings. The van der Waals surface area contributed by atoms with Crippen LogP contribution in [0.2, 0.25) is 0 Å². The molecule has 0 amide bonds. The highest BCUT2D eigenvalue weighted by atomic mass is 16.5. The highest BCUT2D eigenvalue weighted by Crippen LogP contribution is 2.43. The molecule has 0 N–H and O–H groups in total. The van der Waals surface area contributed by atoms with E-state index in [0.717, 1.165) is 29.6 Å². The fourth-order valence-electron chi connectivity index (χ4n) is 2.59. The SMILES string of the molecule is Cc1ccc(C=O)cc1Oc1cccc2c1OC(C)(C)C2. The number of aldehydes is 1. The molecular weight excluding hydrogens is 264 g/mol. The molecule has 2 aromatic carbocycles. The van der Waals surface area contributed by atoms with E-state index in [0.29, 0.717) is 17.1 Å². The number of para-hydroxylation sites is 1. The Balaban J connectivity index is 1.98. The number of hydrogen-bond acceptors (Lipinski definition) is 3. The Morgan fingerprint density at radius 2 is 2.00 bits per heavy atom. The summed E-state index contributed by atoms with van der Waals surface area (Å²) in [7, 11) is 0. The molecule has 0 unspecified atom stereocenters. The van der Waals surface area contributed by atoms with Crippen LogP contribution < -0.4 is 9.47 Å². The van der Waals surface area contributed by atoms with Gasteiger partial charge >= 0.3 is 0 Å². The first-order chi connectivity index (χ1) is 9.98. The molecule has 1 heterocycles. The molecule has 0 aliphatic carbocycles. The molecule has 2 aromatic rings. The lowest BCUT2D eigenvalue weighted by atomic mass is 10.0. The summed E-state index contributed by atoms with van der Waals surface area (Å²) >= 11 is 0. The molecular formula is C18H18O3. The minimum absolute atomic E-state index is 0.207. The zero-order valence-electron chi connectivity index (χ0n) is 12.5. The maximum absolute atomic E-state index is 10.9. The van der Waals surface area contributed by atoms with Crippen LogP contribution in [0.3, 0.4) is 0 Å². The molecule has 1 aliphatic heterocycles. The highest BCUT2D eigenvalue weighted by molar-refractivity contribution is 5.76. The van der Waals surface area contributed by atoms with Gasteiger partial charge in [-0.3, -0.25) is 4.79 Å². The van der Waals surface area contributed by atoms with Gasteiger partial charge in [0.1, 0.15) is 17.6 Å². The van der Waals surface area contributed by atoms with Crippen molar-refractivity contribution >= 4 is 6.29 Å². The Hall–Kier alpha value is -2.29. The first-order valence-electron chi connectivity index (χ1n) is 7.03. The normalized spacial score (nSPS) is 15.2. The van der Waals surface area contributed by atoms with Gasteiger partial charge in [-0.2, -0.15) is 0 Å². The van der Waals surface area contributed by atoms with Crippen molar-refractivity contribution in [3.63, 3.8) is 0 Å². The van der Waals surface area contributed by atoms with Gasteiger partial charge in [-0.1, -0.05) is 24.3 Å². The Morgan fingerprint density at radius 1 is 1.19 bits per heavy atom. The molecule has 0 spiro atoms. The minimum Gasteiger partial charge on any atom is -0.483 e. The number of hydrogen-bond donors (Lipinski definition) is 0. The number of ether oxygens (including phenoxy) is 2. The van der Waals surface area contributed by atoms with E-state index >= 15 is 0 Å². The zero-order valence-corrected chi connectivity index (χ0v) is 12.5. The van der Waals surface area contributed by atoms with Crippen molar-refractivity contribution in [2.75, 3.05) is 0 Å². The third kappa shape index (κ3) is 2.64. The third-order valence-corrected chi connectivity index (χ3v) is 3.62. The Kier molecular flexibility index (Phi) is 3.20. The van der Waals surface area contributed by atoms with E-state index in [1.807, 2.05) is 25.1 Å². The van der Waals surface area contributed by atoms with E-state index in [4.69, 9.17) is 9.47 Å². The van der Waals surface area contributed by atoms with Crippen LogP contribution in [0.25, 0.3) is 0 Å². The van der Waals surface area contributed by atoms with Gasteiger partial charge in [-0.25, -0.2) is 0 Å². The lowest BCUT2D eigenvalue weighted by Crippen LogP contribution is -2.24. The van der Waals surface area contributed by atoms with Gasteiger partial charge in [0, 0.05) is 17.5 Å². The maximum atomic E-state index is 10.9. The van der Waals surface area contributed by atoms with Gasteiger partial charge in [-0.15, -0.1) is 0 Å². The summed E-state index contributed by atoms with van der Waals surface area (Å²) in [6.45, 7) is 6.09. The predicted molar refractivity (Wildman–Crippen MR) is 81.5 cm³/mol. The standard InChI is InChI=1S/C18H18O3/c1-12-7-8-13(11-19)9-16(12)20-15-6-4-5-14-10-18(2,3)21-17(14)15/h4-9,11H,10H2,1-3H3. The van der Waals surface area contributed by atoms with E-state index in [1.54, 1.807) is 12.1 Å². The molecule has 3 nitrogen and oxygen atoms in total. The lowest BCUT2D eigenvalue weighted by molar-refractivity contribution is 0.112. The summed E-state index contributed by atoms with van der Waals surface area (Å²) in [4.78, 5) is 10.9. The molecule has 0 bridgehead atoms. The average Bonchev–Trinajstić information content (AvgIpc) is 2.76. The van der Waals surface area contributed by atoms with Gasteiger partial charge in [0.2, 0.25) is 0 Å². The highest BCUT2D eigenvalue weighted by Gasteiger charge is 2.32. The topological polar surface area (TPSA) is 35.5 Å². The Labute approximate surface area is 124 Å². The minimum atomic E-state index is -0.207. The smallest absolute Gasteiger partial charge is 0.169 e. The van der Waals surface area contributed by atoms with Gasteiger partial charge in [-0.05, 0) is 38.5 Å². The van der Waals surface area contributed by atoms with Crippen molar-refractivity contribution in [2.45, 2.75) is 32.8 Å². The van der Waals surface area contributed by atoms with Crippen LogP contribution in [-0.4, -0.2) is 11.9 Å². The van der Waals surface area contributed by atoms with E-state index in [-0.39, 0.29) is 5.60 Å². The van der Waals surface area contributed by atoms with Crippen molar-refractivity contribution in [3.05, 3.63) is 53.1 Å². The molecule has 3 rings (SSSR count). The first-order valence-corrected chi connectivity index (χ1v) is 7.03. The maximum Gasteiger partial charge on any atom is 0.169 e. The van der Waals surface area contributed by atoms with E-state index in [9.17, 15) is 4.79 Å². The lowest BCUT2D eigenvalue weighted by Gasteiger charge is -2.18. The molecule has 0 radical (unpaired) electrons. The van der Waals surface area contributed by atoms with Crippen LogP contribution in [-0.2, 0) is 6.42 Å². The second kappa shape index (κ2) is 4.92. The number of carbonyl (C=O) groups excluding carboxylic acids is 1. The fourth-order valence-corrected chi connectivity index (χ4v) is 2.59. The van der Waals surface area contributed by atoms with Crippen molar-refractivity contribution in [1.29, 1.82) is 0 Å². The van der Waals surface area contributed by atoms with Gasteiger partial charge < -0.3 is 9.47 Å². The monoisotopic (exact) mass is 282 g/mol. The summed E-state index contributed by atoms with van der Waals surface area (Å²) < 4.78 is 12.0. The summed E-state index contributed by atoms with van der Waals surface area (Å²) in [6.07, 6.45) is 1.69. The van der Waals surface area contributed by atoms with Gasteiger partial charge in [0.15, 0.2) is 11.5 Å². The molecule has 3 heteroatoms. The molecule has 1 aliphatic rings. The second-order valence-electron chi connectivity index (χ2n) is 6.03. The van der Waals surface area contributed by atoms with Crippen molar-refractivity contribution in [2.24, 2.45) is 0 Å². The van der Waals surface area contributed by atoms with E-state index in [1.165, 1.54) is 0 Å². The van der Waals surface area contributed by atoms with Crippen molar-refractivity contribution in [3.8, 4) is 17.2 Å². The summed E-state index contributed by atoms with van der Waals surface area (Å²) in [5.74, 6) is 2.18. The molecule has 108 valence electrons. The van der Waals surface area contributed by atoms with Crippen LogP contribution in [0.4, 0.5) is 0 Å². The van der Waals surface area contributed by atoms with Crippen molar-refractivity contribution in [1.82, 2.24) is 0 Å². The van der Waals surface area contributed by atoms with Gasteiger partial charge in [0.05, 0.1) is 0 Å². The molecule has 0 aromatic heterocycles. The van der Waals surface area contributed by atoms with Gasteiger partial charge in [0.25, 0.3) is 0 Å². The summed E-state index contributed by atoms with van der Waals surface area (Å²) in [6, 6.07) is 11.3. The van der Waals surface area contributed by atoms with Crippen LogP contribution in [0.15, 0.2) is 36.4 Å². The second-order valence-corrected chi connectivity index (χ2v) is 6.03. The number of benzene rings is 2. The van der Waals surface area contributed by atoms with Crippen LogP contribution in [0.1, 0.15) is 35.3 Å². The number of fused-ring (bicyclic) bond motifs is 1. The van der Waals surface area contributed by atoms with Crippen LogP contribution in [0, 0.1) is 6.92 Å². The zero-order chi connectivity index (χ0) is 15.0. The largest absolute Gasteiger partial charge is 0.483 e. The van der Waals surface area contributed by atoms with Crippen LogP contribution in [0.5, 0.6) is 17.2 Å². The quantitative estimate of drug-likeness (QED) is 0.787. The molecule has 0 saturated carbocycles. The summed E-state index contributed by atoms with van der Waals surface area (Å²) in [5.41, 5.74) is 2.53. The number of carbonyl (C=O) groups is 1. The number of rotatable bonds is 3. The van der Waals surface area contributed by atoms with E-state index < -0.39 is 0 Å². The molecule has 21 heavy (non-hydrogen) atoms. The predicted octanol–water partition coefficient (Wildman–Crippen LogP) is 4.31. The third-order valence-electron chi connectivity index (χ3n) is 3.62. The molecule has 0 saturated heterocycles. The fraction of sp³-hybridized carbons (Fsp3) is 0.278. The Bertz CT molecular complexity index is 702.